The molecule has 34 heavy (non-hydrogen) atoms. The standard InChI is InChI=1S/C24H28ClF3N2O3S/c1-29(34(31,32)23-7-3-2-6-21(23)24(26,27)28)15-17-12-20(13-17)33-19-9-8-18(22(25)14-19)16-30-10-4-5-11-30/h2-3,6-9,14,17,20H,4-5,10-13,15-16H2,1H3. The van der Waals surface area contributed by atoms with Gasteiger partial charge in [0.2, 0.25) is 10.0 Å². The van der Waals surface area contributed by atoms with Crippen molar-refractivity contribution in [2.24, 2.45) is 5.92 Å². The van der Waals surface area contributed by atoms with E-state index in [1.165, 1.54) is 32.0 Å². The van der Waals surface area contributed by atoms with Gasteiger partial charge in [-0.1, -0.05) is 29.8 Å². The van der Waals surface area contributed by atoms with Crippen LogP contribution in [0, 0.1) is 5.92 Å². The van der Waals surface area contributed by atoms with Crippen LogP contribution in [0.5, 0.6) is 5.75 Å². The third kappa shape index (κ3) is 5.70. The number of rotatable bonds is 8. The third-order valence-electron chi connectivity index (χ3n) is 6.51. The molecule has 1 saturated carbocycles. The highest BCUT2D eigenvalue weighted by molar-refractivity contribution is 7.89. The molecule has 0 N–H and O–H groups in total. The smallest absolute Gasteiger partial charge is 0.417 e. The second-order valence-electron chi connectivity index (χ2n) is 9.09. The van der Waals surface area contributed by atoms with Crippen LogP contribution in [0.4, 0.5) is 13.2 Å². The van der Waals surface area contributed by atoms with Gasteiger partial charge < -0.3 is 4.74 Å². The molecular weight excluding hydrogens is 489 g/mol. The maximum absolute atomic E-state index is 13.3. The number of alkyl halides is 3. The van der Waals surface area contributed by atoms with Gasteiger partial charge in [-0.05, 0) is 74.5 Å². The molecule has 2 aliphatic rings. The molecule has 2 fully saturated rings. The second-order valence-corrected chi connectivity index (χ2v) is 11.5. The SMILES string of the molecule is CN(CC1CC(Oc2ccc(CN3CCCC3)c(Cl)c2)C1)S(=O)(=O)c1ccccc1C(F)(F)F. The average Bonchev–Trinajstić information content (AvgIpc) is 3.26. The fourth-order valence-electron chi connectivity index (χ4n) is 4.58. The minimum atomic E-state index is -4.74. The number of likely N-dealkylation sites (tertiary alicyclic amines) is 1. The highest BCUT2D eigenvalue weighted by Crippen LogP contribution is 2.37. The Hall–Kier alpha value is -1.81. The number of benzene rings is 2. The average molecular weight is 517 g/mol. The van der Waals surface area contributed by atoms with Crippen LogP contribution in [-0.4, -0.2) is 50.4 Å². The zero-order chi connectivity index (χ0) is 24.5. The molecule has 10 heteroatoms. The summed E-state index contributed by atoms with van der Waals surface area (Å²) in [4.78, 5) is 1.65. The third-order valence-corrected chi connectivity index (χ3v) is 8.74. The first-order chi connectivity index (χ1) is 16.0. The number of sulfonamides is 1. The van der Waals surface area contributed by atoms with Gasteiger partial charge in [0.05, 0.1) is 16.6 Å². The zero-order valence-electron chi connectivity index (χ0n) is 18.9. The van der Waals surface area contributed by atoms with E-state index in [-0.39, 0.29) is 18.6 Å². The van der Waals surface area contributed by atoms with Crippen LogP contribution >= 0.6 is 11.6 Å². The van der Waals surface area contributed by atoms with E-state index in [9.17, 15) is 21.6 Å². The van der Waals surface area contributed by atoms with E-state index in [1.807, 2.05) is 18.2 Å². The first-order valence-electron chi connectivity index (χ1n) is 11.3. The normalized spacial score (nSPS) is 21.6. The molecule has 186 valence electrons. The molecule has 0 radical (unpaired) electrons. The lowest BCUT2D eigenvalue weighted by Gasteiger charge is -2.37. The highest BCUT2D eigenvalue weighted by Gasteiger charge is 2.40. The Kier molecular flexibility index (Phi) is 7.47. The summed E-state index contributed by atoms with van der Waals surface area (Å²) in [6.07, 6.45) is -1.16. The summed E-state index contributed by atoms with van der Waals surface area (Å²) in [5.74, 6) is 0.673. The number of ether oxygens (including phenoxy) is 1. The highest BCUT2D eigenvalue weighted by atomic mass is 35.5. The van der Waals surface area contributed by atoms with Crippen molar-refractivity contribution in [1.82, 2.24) is 9.21 Å². The van der Waals surface area contributed by atoms with E-state index in [2.05, 4.69) is 4.90 Å². The maximum atomic E-state index is 13.3. The predicted octanol–water partition coefficient (Wildman–Crippen LogP) is 5.43. The van der Waals surface area contributed by atoms with Crippen LogP contribution in [0.1, 0.15) is 36.8 Å². The Morgan fingerprint density at radius 2 is 1.79 bits per heavy atom. The summed E-state index contributed by atoms with van der Waals surface area (Å²) in [6.45, 7) is 3.13. The molecule has 0 atom stereocenters. The van der Waals surface area contributed by atoms with E-state index < -0.39 is 26.7 Å². The maximum Gasteiger partial charge on any atom is 0.417 e. The summed E-state index contributed by atoms with van der Waals surface area (Å²) in [5, 5.41) is 0.662. The number of hydrogen-bond acceptors (Lipinski definition) is 4. The van der Waals surface area contributed by atoms with E-state index in [0.29, 0.717) is 23.6 Å². The summed E-state index contributed by atoms with van der Waals surface area (Å²) >= 11 is 6.44. The topological polar surface area (TPSA) is 49.9 Å². The van der Waals surface area contributed by atoms with Gasteiger partial charge in [0, 0.05) is 25.2 Å². The molecule has 0 bridgehead atoms. The van der Waals surface area contributed by atoms with Crippen molar-refractivity contribution in [3.63, 3.8) is 0 Å². The van der Waals surface area contributed by atoms with Gasteiger partial charge in [-0.15, -0.1) is 0 Å². The first kappa shape index (κ1) is 25.3. The van der Waals surface area contributed by atoms with Crippen LogP contribution in [0.25, 0.3) is 0 Å². The molecule has 2 aromatic carbocycles. The lowest BCUT2D eigenvalue weighted by Crippen LogP contribution is -2.42. The lowest BCUT2D eigenvalue weighted by atomic mass is 9.82. The quantitative estimate of drug-likeness (QED) is 0.469. The van der Waals surface area contributed by atoms with Crippen LogP contribution in [-0.2, 0) is 22.7 Å². The van der Waals surface area contributed by atoms with Crippen molar-refractivity contribution in [2.75, 3.05) is 26.7 Å². The summed E-state index contributed by atoms with van der Waals surface area (Å²) in [6, 6.07) is 9.95. The number of halogens is 4. The van der Waals surface area contributed by atoms with Crippen LogP contribution in [0.2, 0.25) is 5.02 Å². The Bertz CT molecular complexity index is 1110. The molecule has 1 aliphatic heterocycles. The molecule has 4 rings (SSSR count). The summed E-state index contributed by atoms with van der Waals surface area (Å²) in [7, 11) is -2.95. The van der Waals surface area contributed by atoms with Crippen molar-refractivity contribution >= 4 is 21.6 Å². The largest absolute Gasteiger partial charge is 0.490 e. The second kappa shape index (κ2) is 10.0. The fraction of sp³-hybridized carbons (Fsp3) is 0.500. The van der Waals surface area contributed by atoms with Crippen molar-refractivity contribution in [1.29, 1.82) is 0 Å². The minimum Gasteiger partial charge on any atom is -0.490 e. The van der Waals surface area contributed by atoms with E-state index in [0.717, 1.165) is 41.6 Å². The Balaban J connectivity index is 1.31. The molecule has 1 heterocycles. The van der Waals surface area contributed by atoms with Crippen molar-refractivity contribution < 1.29 is 26.3 Å². The zero-order valence-corrected chi connectivity index (χ0v) is 20.5. The molecule has 0 aromatic heterocycles. The molecule has 5 nitrogen and oxygen atoms in total. The van der Waals surface area contributed by atoms with Gasteiger partial charge >= 0.3 is 6.18 Å². The molecular formula is C24H28ClF3N2O3S. The van der Waals surface area contributed by atoms with Gasteiger partial charge in [-0.25, -0.2) is 12.7 Å². The van der Waals surface area contributed by atoms with Crippen LogP contribution in [0.3, 0.4) is 0 Å². The molecule has 1 saturated heterocycles. The van der Waals surface area contributed by atoms with Crippen molar-refractivity contribution in [2.45, 2.75) is 49.4 Å². The molecule has 0 spiro atoms. The monoisotopic (exact) mass is 516 g/mol. The first-order valence-corrected chi connectivity index (χ1v) is 13.2. The lowest BCUT2D eigenvalue weighted by molar-refractivity contribution is -0.139. The molecule has 0 amide bonds. The predicted molar refractivity (Wildman–Crippen MR) is 124 cm³/mol. The fourth-order valence-corrected chi connectivity index (χ4v) is 6.26. The number of nitrogens with zero attached hydrogens (tertiary/aromatic N) is 2. The number of hydrogen-bond donors (Lipinski definition) is 0. The van der Waals surface area contributed by atoms with E-state index in [4.69, 9.17) is 16.3 Å². The Morgan fingerprint density at radius 3 is 2.44 bits per heavy atom. The van der Waals surface area contributed by atoms with E-state index >= 15 is 0 Å². The van der Waals surface area contributed by atoms with E-state index in [1.54, 1.807) is 0 Å². The van der Waals surface area contributed by atoms with Crippen molar-refractivity contribution in [3.05, 3.63) is 58.6 Å². The minimum absolute atomic E-state index is 0.00716. The van der Waals surface area contributed by atoms with Crippen LogP contribution < -0.4 is 4.74 Å². The van der Waals surface area contributed by atoms with Gasteiger partial charge in [0.25, 0.3) is 0 Å². The van der Waals surface area contributed by atoms with Gasteiger partial charge in [-0.3, -0.25) is 4.90 Å². The summed E-state index contributed by atoms with van der Waals surface area (Å²) in [5.41, 5.74) is -0.0879. The molecule has 1 aliphatic carbocycles. The Labute approximate surface area is 203 Å². The van der Waals surface area contributed by atoms with Crippen LogP contribution in [0.15, 0.2) is 47.4 Å². The Morgan fingerprint density at radius 1 is 1.12 bits per heavy atom. The molecule has 0 unspecified atom stereocenters. The molecule has 2 aromatic rings. The van der Waals surface area contributed by atoms with Gasteiger partial charge in [0.15, 0.2) is 0 Å². The van der Waals surface area contributed by atoms with Gasteiger partial charge in [-0.2, -0.15) is 13.2 Å². The summed E-state index contributed by atoms with van der Waals surface area (Å²) < 4.78 is 72.5. The van der Waals surface area contributed by atoms with Gasteiger partial charge in [0.1, 0.15) is 5.75 Å². The van der Waals surface area contributed by atoms with Crippen molar-refractivity contribution in [3.8, 4) is 5.75 Å².